The number of ether oxygens (including phenoxy) is 2. The molecule has 0 spiro atoms. The Labute approximate surface area is 204 Å². The molecule has 0 fully saturated rings. The fourth-order valence-electron chi connectivity index (χ4n) is 2.80. The van der Waals surface area contributed by atoms with Gasteiger partial charge in [0.1, 0.15) is 12.4 Å². The summed E-state index contributed by atoms with van der Waals surface area (Å²) in [6.45, 7) is 5.61. The first-order valence-corrected chi connectivity index (χ1v) is 10.7. The number of benzene rings is 1. The molecule has 0 unspecified atom stereocenters. The van der Waals surface area contributed by atoms with Gasteiger partial charge in [-0.15, -0.1) is 45.5 Å². The van der Waals surface area contributed by atoms with Crippen molar-refractivity contribution in [2.75, 3.05) is 25.6 Å². The summed E-state index contributed by atoms with van der Waals surface area (Å²) in [4.78, 5) is 6.03. The maximum atomic E-state index is 5.68. The summed E-state index contributed by atoms with van der Waals surface area (Å²) >= 11 is 1.75. The summed E-state index contributed by atoms with van der Waals surface area (Å²) in [6.07, 6.45) is 0.925. The normalized spacial score (nSPS) is 11.0. The number of hydrogen-bond donors (Lipinski definition) is 2. The number of anilines is 1. The average Bonchev–Trinajstić information content (AvgIpc) is 3.37. The minimum absolute atomic E-state index is 0. The molecular weight excluding hydrogens is 527 g/mol. The number of thiophene rings is 1. The lowest BCUT2D eigenvalue weighted by Gasteiger charge is -2.15. The molecule has 0 amide bonds. The summed E-state index contributed by atoms with van der Waals surface area (Å²) in [6, 6.07) is 9.92. The Kier molecular flexibility index (Phi) is 10.0. The Morgan fingerprint density at radius 1 is 1.23 bits per heavy atom. The predicted molar refractivity (Wildman–Crippen MR) is 136 cm³/mol. The Balaban J connectivity index is 0.00000341. The minimum Gasteiger partial charge on any atom is -0.493 e. The molecule has 31 heavy (non-hydrogen) atoms. The van der Waals surface area contributed by atoms with Gasteiger partial charge < -0.3 is 24.7 Å². The molecule has 0 bridgehead atoms. The van der Waals surface area contributed by atoms with Crippen LogP contribution in [-0.4, -0.2) is 41.0 Å². The quantitative estimate of drug-likeness (QED) is 0.236. The van der Waals surface area contributed by atoms with Gasteiger partial charge in [0.2, 0.25) is 0 Å². The highest BCUT2D eigenvalue weighted by Crippen LogP contribution is 2.30. The third-order valence-corrected chi connectivity index (χ3v) is 5.47. The van der Waals surface area contributed by atoms with Crippen LogP contribution in [0.2, 0.25) is 0 Å². The van der Waals surface area contributed by atoms with Crippen molar-refractivity contribution in [1.29, 1.82) is 0 Å². The molecule has 0 saturated carbocycles. The van der Waals surface area contributed by atoms with E-state index >= 15 is 0 Å². The van der Waals surface area contributed by atoms with Crippen molar-refractivity contribution in [2.45, 2.75) is 26.8 Å². The molecule has 2 N–H and O–H groups in total. The van der Waals surface area contributed by atoms with E-state index in [1.807, 2.05) is 43.7 Å². The number of aryl methyl sites for hydroxylation is 1. The SMILES string of the molecule is CCOc1cc(NC(=NCc2nnc(C)n2C)NCCc2cccs2)ccc1OC.I. The van der Waals surface area contributed by atoms with E-state index in [-0.39, 0.29) is 24.0 Å². The molecule has 8 nitrogen and oxygen atoms in total. The van der Waals surface area contributed by atoms with Gasteiger partial charge in [0.15, 0.2) is 23.3 Å². The van der Waals surface area contributed by atoms with Crippen LogP contribution in [0.4, 0.5) is 5.69 Å². The van der Waals surface area contributed by atoms with Crippen molar-refractivity contribution in [1.82, 2.24) is 20.1 Å². The lowest BCUT2D eigenvalue weighted by Crippen LogP contribution is -2.32. The van der Waals surface area contributed by atoms with Gasteiger partial charge in [-0.2, -0.15) is 0 Å². The first-order valence-electron chi connectivity index (χ1n) is 9.84. The molecule has 1 aromatic carbocycles. The molecule has 0 atom stereocenters. The third kappa shape index (κ3) is 7.10. The lowest BCUT2D eigenvalue weighted by atomic mass is 10.2. The average molecular weight is 556 g/mol. The van der Waals surface area contributed by atoms with Crippen LogP contribution in [0.1, 0.15) is 23.4 Å². The Morgan fingerprint density at radius 2 is 2.06 bits per heavy atom. The van der Waals surface area contributed by atoms with E-state index in [0.717, 1.165) is 30.3 Å². The molecule has 0 aliphatic heterocycles. The summed E-state index contributed by atoms with van der Waals surface area (Å²) < 4.78 is 13.0. The van der Waals surface area contributed by atoms with Crippen molar-refractivity contribution < 1.29 is 9.47 Å². The zero-order chi connectivity index (χ0) is 21.3. The number of nitrogens with one attached hydrogen (secondary N) is 2. The standard InChI is InChI=1S/C21H28N6O2S.HI/c1-5-29-19-13-16(8-9-18(19)28-4)24-21(22-11-10-17-7-6-12-30-17)23-14-20-26-25-15(2)27(20)3;/h6-9,12-13H,5,10-11,14H2,1-4H3,(H2,22,23,24);1H. The molecule has 2 aromatic heterocycles. The Hall–Kier alpha value is -2.34. The van der Waals surface area contributed by atoms with Crippen molar-refractivity contribution in [3.8, 4) is 11.5 Å². The predicted octanol–water partition coefficient (Wildman–Crippen LogP) is 4.01. The molecule has 0 radical (unpaired) electrons. The van der Waals surface area contributed by atoms with E-state index < -0.39 is 0 Å². The molecule has 3 aromatic rings. The van der Waals surface area contributed by atoms with Crippen molar-refractivity contribution in [2.24, 2.45) is 12.0 Å². The van der Waals surface area contributed by atoms with Gasteiger partial charge >= 0.3 is 0 Å². The van der Waals surface area contributed by atoms with E-state index in [9.17, 15) is 0 Å². The van der Waals surface area contributed by atoms with E-state index in [4.69, 9.17) is 14.5 Å². The van der Waals surface area contributed by atoms with Crippen molar-refractivity contribution >= 4 is 47.0 Å². The number of nitrogens with zero attached hydrogens (tertiary/aromatic N) is 4. The second-order valence-electron chi connectivity index (χ2n) is 6.57. The van der Waals surface area contributed by atoms with Crippen LogP contribution in [0, 0.1) is 6.92 Å². The molecule has 0 aliphatic rings. The zero-order valence-corrected chi connectivity index (χ0v) is 21.4. The monoisotopic (exact) mass is 556 g/mol. The van der Waals surface area contributed by atoms with Crippen LogP contribution in [0.15, 0.2) is 40.7 Å². The summed E-state index contributed by atoms with van der Waals surface area (Å²) in [5.41, 5.74) is 0.857. The number of aromatic nitrogens is 3. The molecule has 2 heterocycles. The first-order chi connectivity index (χ1) is 14.6. The van der Waals surface area contributed by atoms with Crippen LogP contribution >= 0.6 is 35.3 Å². The van der Waals surface area contributed by atoms with Gasteiger partial charge in [-0.1, -0.05) is 6.07 Å². The highest BCUT2D eigenvalue weighted by Gasteiger charge is 2.09. The van der Waals surface area contributed by atoms with Crippen LogP contribution in [0.5, 0.6) is 11.5 Å². The van der Waals surface area contributed by atoms with Crippen LogP contribution in [0.25, 0.3) is 0 Å². The van der Waals surface area contributed by atoms with Gasteiger partial charge in [-0.3, -0.25) is 0 Å². The number of aliphatic imine (C=N–C) groups is 1. The number of rotatable bonds is 9. The molecule has 0 saturated heterocycles. The van der Waals surface area contributed by atoms with E-state index in [0.29, 0.717) is 30.6 Å². The van der Waals surface area contributed by atoms with Crippen LogP contribution < -0.4 is 20.1 Å². The maximum absolute atomic E-state index is 5.68. The topological polar surface area (TPSA) is 85.6 Å². The highest BCUT2D eigenvalue weighted by molar-refractivity contribution is 14.0. The number of methoxy groups -OCH3 is 1. The van der Waals surface area contributed by atoms with Gasteiger partial charge in [0, 0.05) is 30.2 Å². The number of halogens is 1. The lowest BCUT2D eigenvalue weighted by molar-refractivity contribution is 0.311. The fraction of sp³-hybridized carbons (Fsp3) is 0.381. The fourth-order valence-corrected chi connectivity index (χ4v) is 3.51. The van der Waals surface area contributed by atoms with Gasteiger partial charge in [0.25, 0.3) is 0 Å². The van der Waals surface area contributed by atoms with E-state index in [2.05, 4.69) is 38.3 Å². The zero-order valence-electron chi connectivity index (χ0n) is 18.2. The molecular formula is C21H29IN6O2S. The van der Waals surface area contributed by atoms with E-state index in [1.54, 1.807) is 18.4 Å². The van der Waals surface area contributed by atoms with Gasteiger partial charge in [-0.25, -0.2) is 4.99 Å². The van der Waals surface area contributed by atoms with Crippen LogP contribution in [0.3, 0.4) is 0 Å². The van der Waals surface area contributed by atoms with Crippen molar-refractivity contribution in [3.05, 3.63) is 52.2 Å². The molecule has 168 valence electrons. The van der Waals surface area contributed by atoms with Crippen molar-refractivity contribution in [3.63, 3.8) is 0 Å². The summed E-state index contributed by atoms with van der Waals surface area (Å²) in [5.74, 6) is 3.71. The third-order valence-electron chi connectivity index (χ3n) is 4.53. The maximum Gasteiger partial charge on any atom is 0.196 e. The van der Waals surface area contributed by atoms with E-state index in [1.165, 1.54) is 4.88 Å². The molecule has 0 aliphatic carbocycles. The van der Waals surface area contributed by atoms with Gasteiger partial charge in [0.05, 0.1) is 13.7 Å². The second-order valence-corrected chi connectivity index (χ2v) is 7.60. The molecule has 10 heteroatoms. The number of guanidine groups is 1. The first kappa shape index (κ1) is 24.9. The highest BCUT2D eigenvalue weighted by atomic mass is 127. The van der Waals surface area contributed by atoms with Gasteiger partial charge in [-0.05, 0) is 43.8 Å². The molecule has 3 rings (SSSR count). The summed E-state index contributed by atoms with van der Waals surface area (Å²) in [5, 5.41) is 17.1. The smallest absolute Gasteiger partial charge is 0.196 e. The Morgan fingerprint density at radius 3 is 2.71 bits per heavy atom. The Bertz CT molecular complexity index is 974. The van der Waals surface area contributed by atoms with Crippen LogP contribution in [-0.2, 0) is 20.0 Å². The number of hydrogen-bond acceptors (Lipinski definition) is 6. The minimum atomic E-state index is 0. The second kappa shape index (κ2) is 12.5. The summed E-state index contributed by atoms with van der Waals surface area (Å²) in [7, 11) is 3.57. The largest absolute Gasteiger partial charge is 0.493 e.